The highest BCUT2D eigenvalue weighted by Gasteiger charge is 2.17. The molecule has 0 fully saturated rings. The Morgan fingerprint density at radius 2 is 2.05 bits per heavy atom. The molecule has 0 saturated heterocycles. The molecule has 0 radical (unpaired) electrons. The van der Waals surface area contributed by atoms with Crippen LogP contribution < -0.4 is 5.56 Å². The lowest BCUT2D eigenvalue weighted by Gasteiger charge is -2.00. The van der Waals surface area contributed by atoms with Gasteiger partial charge in [-0.05, 0) is 34.0 Å². The number of hydrogen-bond donors (Lipinski definition) is 2. The van der Waals surface area contributed by atoms with Crippen LogP contribution in [0.5, 0.6) is 0 Å². The summed E-state index contributed by atoms with van der Waals surface area (Å²) in [7, 11) is 0. The van der Waals surface area contributed by atoms with Gasteiger partial charge in [-0.1, -0.05) is 26.0 Å². The Balaban J connectivity index is 2.21. The van der Waals surface area contributed by atoms with E-state index in [0.29, 0.717) is 10.4 Å². The van der Waals surface area contributed by atoms with Crippen LogP contribution in [-0.2, 0) is 0 Å². The van der Waals surface area contributed by atoms with Crippen LogP contribution in [0.15, 0.2) is 33.5 Å². The van der Waals surface area contributed by atoms with Crippen LogP contribution >= 0.6 is 15.9 Å². The lowest BCUT2D eigenvalue weighted by molar-refractivity contribution is 0.739. The summed E-state index contributed by atoms with van der Waals surface area (Å²) in [5, 5.41) is 3.09. The highest BCUT2D eigenvalue weighted by Crippen LogP contribution is 2.20. The Morgan fingerprint density at radius 3 is 2.68 bits per heavy atom. The van der Waals surface area contributed by atoms with Gasteiger partial charge in [0.2, 0.25) is 5.95 Å². The highest BCUT2D eigenvalue weighted by molar-refractivity contribution is 9.10. The van der Waals surface area contributed by atoms with Crippen molar-refractivity contribution in [2.24, 2.45) is 0 Å². The van der Waals surface area contributed by atoms with Crippen molar-refractivity contribution in [3.8, 4) is 5.95 Å². The van der Waals surface area contributed by atoms with Gasteiger partial charge in [0.25, 0.3) is 5.56 Å². The number of aromatic amines is 2. The van der Waals surface area contributed by atoms with Crippen molar-refractivity contribution in [1.82, 2.24) is 19.7 Å². The molecule has 0 bridgehead atoms. The average Bonchev–Trinajstić information content (AvgIpc) is 2.92. The number of aromatic nitrogens is 4. The Hall–Kier alpha value is -1.82. The molecule has 3 aromatic rings. The predicted octanol–water partition coefficient (Wildman–Crippen LogP) is 2.93. The predicted molar refractivity (Wildman–Crippen MR) is 77.8 cm³/mol. The third kappa shape index (κ3) is 1.92. The summed E-state index contributed by atoms with van der Waals surface area (Å²) < 4.78 is 1.99. The Bertz CT molecular complexity index is 763. The Kier molecular flexibility index (Phi) is 2.82. The molecular weight excluding hydrogens is 308 g/mol. The first-order valence-corrected chi connectivity index (χ1v) is 6.82. The zero-order chi connectivity index (χ0) is 13.6. The van der Waals surface area contributed by atoms with Crippen molar-refractivity contribution >= 4 is 27.0 Å². The van der Waals surface area contributed by atoms with E-state index < -0.39 is 0 Å². The molecule has 5 nitrogen and oxygen atoms in total. The third-order valence-electron chi connectivity index (χ3n) is 3.03. The fourth-order valence-electron chi connectivity index (χ4n) is 2.01. The molecular formula is C13H13BrN4O. The lowest BCUT2D eigenvalue weighted by atomic mass is 10.1. The van der Waals surface area contributed by atoms with Crippen LogP contribution in [0.4, 0.5) is 0 Å². The summed E-state index contributed by atoms with van der Waals surface area (Å²) in [5.74, 6) is 0.728. The Morgan fingerprint density at radius 1 is 1.32 bits per heavy atom. The molecule has 1 aromatic carbocycles. The molecule has 2 aromatic heterocycles. The summed E-state index contributed by atoms with van der Waals surface area (Å²) in [4.78, 5) is 19.7. The van der Waals surface area contributed by atoms with Gasteiger partial charge in [0.1, 0.15) is 4.47 Å². The summed E-state index contributed by atoms with van der Waals surface area (Å²) in [6.45, 7) is 4.05. The number of nitrogens with zero attached hydrogens (tertiary/aromatic N) is 2. The number of H-pyrrole nitrogens is 2. The summed E-state index contributed by atoms with van der Waals surface area (Å²) in [5.41, 5.74) is 2.47. The normalized spacial score (nSPS) is 11.6. The molecule has 19 heavy (non-hydrogen) atoms. The number of imidazole rings is 1. The van der Waals surface area contributed by atoms with E-state index in [1.807, 2.05) is 38.1 Å². The van der Waals surface area contributed by atoms with E-state index in [1.54, 1.807) is 0 Å². The molecule has 0 unspecified atom stereocenters. The van der Waals surface area contributed by atoms with Crippen LogP contribution in [0.25, 0.3) is 17.0 Å². The molecule has 98 valence electrons. The Labute approximate surface area is 117 Å². The summed E-state index contributed by atoms with van der Waals surface area (Å²) in [6, 6.07) is 7.68. The fourth-order valence-corrected chi connectivity index (χ4v) is 2.73. The van der Waals surface area contributed by atoms with Gasteiger partial charge in [-0.25, -0.2) is 4.98 Å². The second-order valence-corrected chi connectivity index (χ2v) is 5.51. The standard InChI is InChI=1S/C13H13BrN4O/c1-7(2)11-10(14)12(19)18(17-11)13-15-8-5-3-4-6-9(8)16-13/h3-7,17H,1-2H3,(H,15,16). The van der Waals surface area contributed by atoms with E-state index >= 15 is 0 Å². The van der Waals surface area contributed by atoms with Gasteiger partial charge in [0, 0.05) is 0 Å². The number of rotatable bonds is 2. The lowest BCUT2D eigenvalue weighted by Crippen LogP contribution is -2.15. The smallest absolute Gasteiger partial charge is 0.288 e. The molecule has 0 amide bonds. The first kappa shape index (κ1) is 12.2. The minimum absolute atomic E-state index is 0.136. The summed E-state index contributed by atoms with van der Waals surface area (Å²) >= 11 is 3.34. The number of halogens is 1. The van der Waals surface area contributed by atoms with Gasteiger partial charge in [0.05, 0.1) is 16.7 Å². The number of para-hydroxylation sites is 2. The second kappa shape index (κ2) is 4.38. The molecule has 0 aliphatic heterocycles. The van der Waals surface area contributed by atoms with Crippen LogP contribution in [0.3, 0.4) is 0 Å². The van der Waals surface area contributed by atoms with Crippen LogP contribution in [-0.4, -0.2) is 19.7 Å². The molecule has 0 saturated carbocycles. The van der Waals surface area contributed by atoms with Crippen molar-refractivity contribution in [2.45, 2.75) is 19.8 Å². The number of benzene rings is 1. The van der Waals surface area contributed by atoms with E-state index in [-0.39, 0.29) is 11.5 Å². The minimum Gasteiger partial charge on any atom is -0.322 e. The maximum atomic E-state index is 12.2. The van der Waals surface area contributed by atoms with Crippen molar-refractivity contribution in [3.63, 3.8) is 0 Å². The van der Waals surface area contributed by atoms with Gasteiger partial charge in [-0.2, -0.15) is 4.68 Å². The molecule has 2 N–H and O–H groups in total. The van der Waals surface area contributed by atoms with Gasteiger partial charge in [0.15, 0.2) is 0 Å². The number of nitrogens with one attached hydrogen (secondary N) is 2. The van der Waals surface area contributed by atoms with Crippen molar-refractivity contribution in [2.75, 3.05) is 0 Å². The quantitative estimate of drug-likeness (QED) is 0.762. The average molecular weight is 321 g/mol. The van der Waals surface area contributed by atoms with Crippen LogP contribution in [0, 0.1) is 0 Å². The molecule has 2 heterocycles. The fraction of sp³-hybridized carbons (Fsp3) is 0.231. The van der Waals surface area contributed by atoms with Gasteiger partial charge < -0.3 is 4.98 Å². The zero-order valence-electron chi connectivity index (χ0n) is 10.6. The monoisotopic (exact) mass is 320 g/mol. The first-order valence-electron chi connectivity index (χ1n) is 6.03. The van der Waals surface area contributed by atoms with Gasteiger partial charge in [-0.3, -0.25) is 9.89 Å². The maximum absolute atomic E-state index is 12.2. The van der Waals surface area contributed by atoms with Gasteiger partial charge >= 0.3 is 0 Å². The number of hydrogen-bond acceptors (Lipinski definition) is 2. The van der Waals surface area contributed by atoms with E-state index in [0.717, 1.165) is 16.7 Å². The van der Waals surface area contributed by atoms with Gasteiger partial charge in [-0.15, -0.1) is 0 Å². The zero-order valence-corrected chi connectivity index (χ0v) is 12.2. The van der Waals surface area contributed by atoms with Crippen molar-refractivity contribution < 1.29 is 0 Å². The summed E-state index contributed by atoms with van der Waals surface area (Å²) in [6.07, 6.45) is 0. The SMILES string of the molecule is CC(C)c1[nH]n(-c2nc3ccccc3[nH]2)c(=O)c1Br. The molecule has 0 spiro atoms. The van der Waals surface area contributed by atoms with E-state index in [1.165, 1.54) is 4.68 Å². The molecule has 3 rings (SSSR count). The van der Waals surface area contributed by atoms with Crippen molar-refractivity contribution in [1.29, 1.82) is 0 Å². The van der Waals surface area contributed by atoms with E-state index in [2.05, 4.69) is 31.0 Å². The number of fused-ring (bicyclic) bond motifs is 1. The molecule has 0 aliphatic rings. The first-order chi connectivity index (χ1) is 9.08. The van der Waals surface area contributed by atoms with Crippen LogP contribution in [0.1, 0.15) is 25.5 Å². The minimum atomic E-state index is -0.136. The largest absolute Gasteiger partial charge is 0.322 e. The highest BCUT2D eigenvalue weighted by atomic mass is 79.9. The van der Waals surface area contributed by atoms with Crippen molar-refractivity contribution in [3.05, 3.63) is 44.8 Å². The molecule has 6 heteroatoms. The molecule has 0 atom stereocenters. The van der Waals surface area contributed by atoms with Crippen LogP contribution in [0.2, 0.25) is 0 Å². The maximum Gasteiger partial charge on any atom is 0.288 e. The third-order valence-corrected chi connectivity index (χ3v) is 3.79. The second-order valence-electron chi connectivity index (χ2n) is 4.71. The van der Waals surface area contributed by atoms with E-state index in [9.17, 15) is 4.79 Å². The molecule has 0 aliphatic carbocycles. The van der Waals surface area contributed by atoms with E-state index in [4.69, 9.17) is 0 Å². The topological polar surface area (TPSA) is 66.5 Å².